The third kappa shape index (κ3) is 3.95. The van der Waals surface area contributed by atoms with Crippen LogP contribution in [0, 0.1) is 0 Å². The van der Waals surface area contributed by atoms with Crippen LogP contribution in [0.15, 0.2) is 34.2 Å². The number of amides is 1. The van der Waals surface area contributed by atoms with Gasteiger partial charge in [-0.3, -0.25) is 14.2 Å². The van der Waals surface area contributed by atoms with E-state index in [9.17, 15) is 9.59 Å². The summed E-state index contributed by atoms with van der Waals surface area (Å²) in [5, 5.41) is 0.989. The van der Waals surface area contributed by atoms with Gasteiger partial charge in [-0.2, -0.15) is 0 Å². The second-order valence-electron chi connectivity index (χ2n) is 7.18. The zero-order chi connectivity index (χ0) is 18.7. The minimum atomic E-state index is -0.258. The van der Waals surface area contributed by atoms with Crippen molar-refractivity contribution in [3.05, 3.63) is 34.6 Å². The van der Waals surface area contributed by atoms with E-state index in [0.717, 1.165) is 25.9 Å². The first-order valence-corrected chi connectivity index (χ1v) is 10.3. The molecule has 1 aliphatic rings. The first-order valence-electron chi connectivity index (χ1n) is 9.45. The second-order valence-corrected chi connectivity index (χ2v) is 8.49. The number of rotatable bonds is 4. The van der Waals surface area contributed by atoms with Crippen LogP contribution in [0.2, 0.25) is 0 Å². The van der Waals surface area contributed by atoms with E-state index in [-0.39, 0.29) is 22.8 Å². The zero-order valence-electron chi connectivity index (χ0n) is 15.8. The molecule has 2 aromatic rings. The van der Waals surface area contributed by atoms with E-state index < -0.39 is 0 Å². The highest BCUT2D eigenvalue weighted by Gasteiger charge is 2.25. The van der Waals surface area contributed by atoms with Gasteiger partial charge in [0.25, 0.3) is 5.56 Å². The summed E-state index contributed by atoms with van der Waals surface area (Å²) in [6.45, 7) is 7.55. The van der Waals surface area contributed by atoms with Crippen molar-refractivity contribution in [3.8, 4) is 0 Å². The Hall–Kier alpha value is -1.82. The molecule has 1 fully saturated rings. The van der Waals surface area contributed by atoms with Crippen molar-refractivity contribution in [1.82, 2.24) is 14.5 Å². The van der Waals surface area contributed by atoms with Crippen LogP contribution in [0.3, 0.4) is 0 Å². The van der Waals surface area contributed by atoms with Crippen molar-refractivity contribution in [2.45, 2.75) is 62.9 Å². The number of aromatic nitrogens is 2. The minimum absolute atomic E-state index is 0.0115. The Morgan fingerprint density at radius 3 is 2.38 bits per heavy atom. The summed E-state index contributed by atoms with van der Waals surface area (Å²) in [5.74, 6) is 0.148. The van der Waals surface area contributed by atoms with Crippen LogP contribution >= 0.6 is 11.8 Å². The Kier molecular flexibility index (Phi) is 6.01. The standard InChI is InChI=1S/C20H27N3O2S/c1-14(2)23-19(25)16-10-6-7-11-17(16)21-20(23)26-15(3)18(24)22-12-8-4-5-9-13-22/h6-7,10-11,14-15H,4-5,8-9,12-13H2,1-3H3/t15-/m1/s1. The molecule has 1 atom stereocenters. The van der Waals surface area contributed by atoms with Gasteiger partial charge in [-0.25, -0.2) is 4.98 Å². The number of fused-ring (bicyclic) bond motifs is 1. The van der Waals surface area contributed by atoms with Crippen molar-refractivity contribution in [1.29, 1.82) is 0 Å². The predicted molar refractivity (Wildman–Crippen MR) is 107 cm³/mol. The van der Waals surface area contributed by atoms with E-state index in [4.69, 9.17) is 4.98 Å². The molecule has 1 saturated heterocycles. The molecule has 1 amide bonds. The Bertz CT molecular complexity index is 839. The fraction of sp³-hybridized carbons (Fsp3) is 0.550. The summed E-state index contributed by atoms with van der Waals surface area (Å²) in [6.07, 6.45) is 4.55. The zero-order valence-corrected chi connectivity index (χ0v) is 16.6. The molecule has 0 N–H and O–H groups in total. The molecule has 0 radical (unpaired) electrons. The number of hydrogen-bond acceptors (Lipinski definition) is 4. The monoisotopic (exact) mass is 373 g/mol. The fourth-order valence-electron chi connectivity index (χ4n) is 3.42. The minimum Gasteiger partial charge on any atom is -0.342 e. The lowest BCUT2D eigenvalue weighted by molar-refractivity contribution is -0.130. The molecule has 1 aromatic heterocycles. The van der Waals surface area contributed by atoms with Gasteiger partial charge >= 0.3 is 0 Å². The van der Waals surface area contributed by atoms with Gasteiger partial charge in [0.1, 0.15) is 0 Å². The van der Waals surface area contributed by atoms with Gasteiger partial charge < -0.3 is 4.90 Å². The number of benzene rings is 1. The molecule has 1 aromatic carbocycles. The van der Waals surface area contributed by atoms with E-state index >= 15 is 0 Å². The molecule has 0 aliphatic carbocycles. The number of carbonyl (C=O) groups is 1. The van der Waals surface area contributed by atoms with Crippen LogP contribution < -0.4 is 5.56 Å². The van der Waals surface area contributed by atoms with E-state index in [0.29, 0.717) is 16.1 Å². The largest absolute Gasteiger partial charge is 0.342 e. The van der Waals surface area contributed by atoms with Crippen molar-refractivity contribution in [2.24, 2.45) is 0 Å². The average Bonchev–Trinajstić information content (AvgIpc) is 2.90. The van der Waals surface area contributed by atoms with Gasteiger partial charge in [0.05, 0.1) is 16.2 Å². The number of carbonyl (C=O) groups excluding carboxylic acids is 1. The van der Waals surface area contributed by atoms with Crippen LogP contribution in [-0.2, 0) is 4.79 Å². The number of nitrogens with zero attached hydrogens (tertiary/aromatic N) is 3. The maximum atomic E-state index is 12.9. The van der Waals surface area contributed by atoms with Crippen molar-refractivity contribution < 1.29 is 4.79 Å². The van der Waals surface area contributed by atoms with Crippen LogP contribution in [0.25, 0.3) is 10.9 Å². The molecule has 1 aliphatic heterocycles. The molecular formula is C20H27N3O2S. The lowest BCUT2D eigenvalue weighted by atomic mass is 10.2. The summed E-state index contributed by atoms with van der Waals surface area (Å²) in [5.41, 5.74) is 0.647. The highest BCUT2D eigenvalue weighted by molar-refractivity contribution is 8.00. The number of thioether (sulfide) groups is 1. The maximum Gasteiger partial charge on any atom is 0.262 e. The normalized spacial score (nSPS) is 16.7. The smallest absolute Gasteiger partial charge is 0.262 e. The van der Waals surface area contributed by atoms with E-state index in [1.165, 1.54) is 24.6 Å². The molecule has 0 unspecified atom stereocenters. The lowest BCUT2D eigenvalue weighted by Gasteiger charge is -2.24. The predicted octanol–water partition coefficient (Wildman–Crippen LogP) is 3.86. The van der Waals surface area contributed by atoms with E-state index in [1.807, 2.05) is 49.9 Å². The van der Waals surface area contributed by atoms with Crippen LogP contribution in [0.1, 0.15) is 52.5 Å². The highest BCUT2D eigenvalue weighted by atomic mass is 32.2. The average molecular weight is 374 g/mol. The molecule has 0 bridgehead atoms. The molecule has 2 heterocycles. The molecule has 26 heavy (non-hydrogen) atoms. The fourth-order valence-corrected chi connectivity index (χ4v) is 4.55. The SMILES string of the molecule is CC(C)n1c(S[C@H](C)C(=O)N2CCCCCC2)nc2ccccc2c1=O. The molecule has 140 valence electrons. The van der Waals surface area contributed by atoms with Crippen molar-refractivity contribution >= 4 is 28.6 Å². The Morgan fingerprint density at radius 2 is 1.73 bits per heavy atom. The molecule has 6 heteroatoms. The summed E-state index contributed by atoms with van der Waals surface area (Å²) in [4.78, 5) is 32.5. The number of likely N-dealkylation sites (tertiary alicyclic amines) is 1. The van der Waals surface area contributed by atoms with Crippen molar-refractivity contribution in [3.63, 3.8) is 0 Å². The van der Waals surface area contributed by atoms with Gasteiger partial charge in [0.2, 0.25) is 5.91 Å². The Morgan fingerprint density at radius 1 is 1.08 bits per heavy atom. The first-order chi connectivity index (χ1) is 12.5. The Balaban J connectivity index is 1.90. The van der Waals surface area contributed by atoms with Gasteiger partial charge in [-0.15, -0.1) is 0 Å². The van der Waals surface area contributed by atoms with Crippen LogP contribution in [0.5, 0.6) is 0 Å². The van der Waals surface area contributed by atoms with E-state index in [2.05, 4.69) is 0 Å². The van der Waals surface area contributed by atoms with Gasteiger partial charge in [-0.05, 0) is 45.7 Å². The van der Waals surface area contributed by atoms with Crippen LogP contribution in [0.4, 0.5) is 0 Å². The third-order valence-electron chi connectivity index (χ3n) is 4.84. The molecule has 0 spiro atoms. The van der Waals surface area contributed by atoms with Gasteiger partial charge in [0, 0.05) is 19.1 Å². The van der Waals surface area contributed by atoms with Gasteiger partial charge in [0.15, 0.2) is 5.16 Å². The quantitative estimate of drug-likeness (QED) is 0.603. The molecular weight excluding hydrogens is 346 g/mol. The first kappa shape index (κ1) is 19.0. The number of hydrogen-bond donors (Lipinski definition) is 0. The number of para-hydroxylation sites is 1. The summed E-state index contributed by atoms with van der Waals surface area (Å²) in [6, 6.07) is 7.39. The summed E-state index contributed by atoms with van der Waals surface area (Å²) in [7, 11) is 0. The summed E-state index contributed by atoms with van der Waals surface area (Å²) >= 11 is 1.40. The second kappa shape index (κ2) is 8.25. The van der Waals surface area contributed by atoms with Crippen molar-refractivity contribution in [2.75, 3.05) is 13.1 Å². The molecule has 3 rings (SSSR count). The summed E-state index contributed by atoms with van der Waals surface area (Å²) < 4.78 is 1.71. The molecule has 0 saturated carbocycles. The van der Waals surface area contributed by atoms with Gasteiger partial charge in [-0.1, -0.05) is 36.7 Å². The lowest BCUT2D eigenvalue weighted by Crippen LogP contribution is -2.37. The highest BCUT2D eigenvalue weighted by Crippen LogP contribution is 2.26. The topological polar surface area (TPSA) is 55.2 Å². The molecule has 5 nitrogen and oxygen atoms in total. The Labute approximate surface area is 158 Å². The maximum absolute atomic E-state index is 12.9. The third-order valence-corrected chi connectivity index (χ3v) is 5.89. The van der Waals surface area contributed by atoms with E-state index in [1.54, 1.807) is 4.57 Å². The van der Waals surface area contributed by atoms with Crippen LogP contribution in [-0.4, -0.2) is 38.7 Å².